The molecule has 0 heterocycles. The van der Waals surface area contributed by atoms with Gasteiger partial charge in [-0.3, -0.25) is 9.59 Å². The molecule has 110 valence electrons. The fourth-order valence-electron chi connectivity index (χ4n) is 1.61. The van der Waals surface area contributed by atoms with Crippen LogP contribution in [0, 0.1) is 5.41 Å². The number of rotatable bonds is 4. The van der Waals surface area contributed by atoms with Gasteiger partial charge in [0.1, 0.15) is 0 Å². The minimum absolute atomic E-state index is 0.163. The van der Waals surface area contributed by atoms with Crippen LogP contribution in [0.3, 0.4) is 0 Å². The van der Waals surface area contributed by atoms with Crippen molar-refractivity contribution in [3.05, 3.63) is 29.8 Å². The molecule has 0 bridgehead atoms. The first-order valence-electron chi connectivity index (χ1n) is 6.70. The maximum absolute atomic E-state index is 12.0. The summed E-state index contributed by atoms with van der Waals surface area (Å²) in [6, 6.07) is 6.18. The van der Waals surface area contributed by atoms with Crippen molar-refractivity contribution < 1.29 is 9.59 Å². The monoisotopic (exact) mass is 277 g/mol. The number of carbonyl (C=O) groups excluding carboxylic acids is 2. The van der Waals surface area contributed by atoms with Crippen molar-refractivity contribution in [1.29, 1.82) is 0 Å². The molecule has 4 N–H and O–H groups in total. The number of nitrogens with one attached hydrogen (secondary N) is 2. The Bertz CT molecular complexity index is 492. The van der Waals surface area contributed by atoms with E-state index in [1.54, 1.807) is 24.3 Å². The molecule has 0 unspecified atom stereocenters. The zero-order valence-electron chi connectivity index (χ0n) is 12.5. The maximum atomic E-state index is 12.0. The van der Waals surface area contributed by atoms with E-state index in [-0.39, 0.29) is 17.2 Å². The van der Waals surface area contributed by atoms with Gasteiger partial charge in [0, 0.05) is 17.8 Å². The van der Waals surface area contributed by atoms with Gasteiger partial charge in [-0.2, -0.15) is 0 Å². The summed E-state index contributed by atoms with van der Waals surface area (Å²) in [5, 5.41) is 5.45. The molecule has 0 aromatic heterocycles. The topological polar surface area (TPSA) is 84.2 Å². The van der Waals surface area contributed by atoms with E-state index in [2.05, 4.69) is 10.6 Å². The van der Waals surface area contributed by atoms with Crippen LogP contribution in [-0.4, -0.2) is 24.4 Å². The summed E-state index contributed by atoms with van der Waals surface area (Å²) in [6.45, 7) is 8.13. The second-order valence-corrected chi connectivity index (χ2v) is 5.77. The van der Waals surface area contributed by atoms with Gasteiger partial charge in [-0.1, -0.05) is 26.8 Å². The van der Waals surface area contributed by atoms with Gasteiger partial charge in [0.2, 0.25) is 5.91 Å². The first-order valence-corrected chi connectivity index (χ1v) is 6.70. The van der Waals surface area contributed by atoms with Gasteiger partial charge in [-0.05, 0) is 30.5 Å². The van der Waals surface area contributed by atoms with Crippen LogP contribution in [0.5, 0.6) is 0 Å². The Morgan fingerprint density at radius 2 is 1.95 bits per heavy atom. The molecule has 1 atom stereocenters. The minimum Gasteiger partial charge on any atom is -0.352 e. The molecule has 1 aromatic rings. The fourth-order valence-corrected chi connectivity index (χ4v) is 1.61. The Morgan fingerprint density at radius 1 is 1.30 bits per heavy atom. The largest absolute Gasteiger partial charge is 0.352 e. The minimum atomic E-state index is -0.615. The van der Waals surface area contributed by atoms with Gasteiger partial charge in [-0.15, -0.1) is 0 Å². The zero-order valence-corrected chi connectivity index (χ0v) is 12.5. The first-order chi connectivity index (χ1) is 9.25. The van der Waals surface area contributed by atoms with Gasteiger partial charge in [0.25, 0.3) is 5.91 Å². The number of carbonyl (C=O) groups is 2. The second kappa shape index (κ2) is 6.52. The quantitative estimate of drug-likeness (QED) is 0.784. The molecule has 0 aliphatic rings. The second-order valence-electron chi connectivity index (χ2n) is 5.77. The Hall–Kier alpha value is -1.88. The first kappa shape index (κ1) is 16.2. The van der Waals surface area contributed by atoms with E-state index in [1.165, 1.54) is 0 Å². The van der Waals surface area contributed by atoms with Crippen molar-refractivity contribution >= 4 is 17.5 Å². The van der Waals surface area contributed by atoms with Crippen LogP contribution in [0.4, 0.5) is 5.69 Å². The predicted molar refractivity (Wildman–Crippen MR) is 80.5 cm³/mol. The van der Waals surface area contributed by atoms with E-state index in [0.29, 0.717) is 17.8 Å². The molecule has 2 amide bonds. The lowest BCUT2D eigenvalue weighted by atomic mass is 9.87. The highest BCUT2D eigenvalue weighted by molar-refractivity contribution is 5.98. The zero-order chi connectivity index (χ0) is 15.3. The van der Waals surface area contributed by atoms with Crippen LogP contribution in [0.2, 0.25) is 0 Å². The lowest BCUT2D eigenvalue weighted by molar-refractivity contribution is -0.119. The molecule has 1 aromatic carbocycles. The Morgan fingerprint density at radius 3 is 2.50 bits per heavy atom. The number of benzene rings is 1. The average Bonchev–Trinajstić information content (AvgIpc) is 2.37. The van der Waals surface area contributed by atoms with Crippen LogP contribution in [-0.2, 0) is 4.79 Å². The molecule has 5 heteroatoms. The van der Waals surface area contributed by atoms with Crippen molar-refractivity contribution in [2.75, 3.05) is 11.9 Å². The van der Waals surface area contributed by atoms with Crippen LogP contribution in [0.1, 0.15) is 38.1 Å². The molecule has 0 saturated heterocycles. The van der Waals surface area contributed by atoms with E-state index in [9.17, 15) is 9.59 Å². The SMILES string of the molecule is CCNC(=O)c1cccc(NC(=O)[C@H](N)C(C)(C)C)c1. The molecule has 0 fully saturated rings. The highest BCUT2D eigenvalue weighted by atomic mass is 16.2. The van der Waals surface area contributed by atoms with Crippen molar-refractivity contribution in [2.24, 2.45) is 11.1 Å². The summed E-state index contributed by atoms with van der Waals surface area (Å²) in [5.74, 6) is -0.422. The molecule has 0 aliphatic heterocycles. The molecule has 5 nitrogen and oxygen atoms in total. The van der Waals surface area contributed by atoms with Crippen molar-refractivity contribution in [3.8, 4) is 0 Å². The van der Waals surface area contributed by atoms with E-state index in [0.717, 1.165) is 0 Å². The number of nitrogens with two attached hydrogens (primary N) is 1. The summed E-state index contributed by atoms with van der Waals surface area (Å²) in [7, 11) is 0. The standard InChI is InChI=1S/C15H23N3O2/c1-5-17-13(19)10-7-6-8-11(9-10)18-14(20)12(16)15(2,3)4/h6-9,12H,5,16H2,1-4H3,(H,17,19)(H,18,20)/t12-/m0/s1. The molecule has 1 rings (SSSR count). The fraction of sp³-hybridized carbons (Fsp3) is 0.467. The Balaban J connectivity index is 2.81. The van der Waals surface area contributed by atoms with Gasteiger partial charge < -0.3 is 16.4 Å². The molecule has 0 saturated carbocycles. The molecule has 0 radical (unpaired) electrons. The van der Waals surface area contributed by atoms with Crippen molar-refractivity contribution in [2.45, 2.75) is 33.7 Å². The van der Waals surface area contributed by atoms with E-state index >= 15 is 0 Å². The lowest BCUT2D eigenvalue weighted by Crippen LogP contribution is -2.45. The van der Waals surface area contributed by atoms with Gasteiger partial charge in [0.05, 0.1) is 6.04 Å². The van der Waals surface area contributed by atoms with Crippen LogP contribution >= 0.6 is 0 Å². The smallest absolute Gasteiger partial charge is 0.251 e. The van der Waals surface area contributed by atoms with Crippen LogP contribution in [0.15, 0.2) is 24.3 Å². The molecule has 20 heavy (non-hydrogen) atoms. The molecular formula is C15H23N3O2. The molecule has 0 aliphatic carbocycles. The van der Waals surface area contributed by atoms with Crippen LogP contribution in [0.25, 0.3) is 0 Å². The maximum Gasteiger partial charge on any atom is 0.251 e. The molecular weight excluding hydrogens is 254 g/mol. The van der Waals surface area contributed by atoms with E-state index < -0.39 is 6.04 Å². The van der Waals surface area contributed by atoms with E-state index in [1.807, 2.05) is 27.7 Å². The summed E-state index contributed by atoms with van der Waals surface area (Å²) in [6.07, 6.45) is 0. The number of hydrogen-bond acceptors (Lipinski definition) is 3. The third kappa shape index (κ3) is 4.35. The summed E-state index contributed by atoms with van der Waals surface area (Å²) < 4.78 is 0. The average molecular weight is 277 g/mol. The van der Waals surface area contributed by atoms with E-state index in [4.69, 9.17) is 5.73 Å². The van der Waals surface area contributed by atoms with Crippen molar-refractivity contribution in [1.82, 2.24) is 5.32 Å². The van der Waals surface area contributed by atoms with Gasteiger partial charge in [0.15, 0.2) is 0 Å². The van der Waals surface area contributed by atoms with Gasteiger partial charge >= 0.3 is 0 Å². The Labute approximate surface area is 119 Å². The summed E-state index contributed by atoms with van der Waals surface area (Å²) in [5.41, 5.74) is 6.65. The molecule has 0 spiro atoms. The van der Waals surface area contributed by atoms with Crippen molar-refractivity contribution in [3.63, 3.8) is 0 Å². The summed E-state index contributed by atoms with van der Waals surface area (Å²) in [4.78, 5) is 23.8. The lowest BCUT2D eigenvalue weighted by Gasteiger charge is -2.25. The highest BCUT2D eigenvalue weighted by Crippen LogP contribution is 2.19. The third-order valence-corrected chi connectivity index (χ3v) is 2.95. The highest BCUT2D eigenvalue weighted by Gasteiger charge is 2.27. The summed E-state index contributed by atoms with van der Waals surface area (Å²) >= 11 is 0. The Kier molecular flexibility index (Phi) is 5.27. The normalized spacial score (nSPS) is 12.7. The number of amides is 2. The number of hydrogen-bond donors (Lipinski definition) is 3. The predicted octanol–water partition coefficient (Wildman–Crippen LogP) is 1.75. The van der Waals surface area contributed by atoms with Gasteiger partial charge in [-0.25, -0.2) is 0 Å². The third-order valence-electron chi connectivity index (χ3n) is 2.95. The number of anilines is 1. The van der Waals surface area contributed by atoms with Crippen LogP contribution < -0.4 is 16.4 Å².